The van der Waals surface area contributed by atoms with Crippen LogP contribution < -0.4 is 4.74 Å². The fraction of sp³-hybridized carbons (Fsp3) is 0.615. The van der Waals surface area contributed by atoms with Crippen LogP contribution in [0.1, 0.15) is 88.9 Å². The summed E-state index contributed by atoms with van der Waals surface area (Å²) in [5, 5.41) is 3.18. The molecule has 7 heteroatoms. The molecule has 1 atom stereocenters. The molecule has 0 aliphatic carbocycles. The van der Waals surface area contributed by atoms with Crippen LogP contribution in [0.2, 0.25) is 0 Å². The zero-order valence-electron chi connectivity index (χ0n) is 20.1. The molecule has 0 spiro atoms. The SMILES string of the molecule is CCCCCCCCS(=O)(=O)OF.CCCCOc1c(C2CCCS2)ccc2ccccc12. The molecular formula is C26H39FO4S2. The molecule has 0 radical (unpaired) electrons. The Labute approximate surface area is 203 Å². The molecule has 1 saturated heterocycles. The highest BCUT2D eigenvalue weighted by Gasteiger charge is 2.22. The molecule has 0 bridgehead atoms. The number of thioether (sulfide) groups is 1. The van der Waals surface area contributed by atoms with E-state index in [9.17, 15) is 12.9 Å². The fourth-order valence-corrected chi connectivity index (χ4v) is 5.84. The lowest BCUT2D eigenvalue weighted by Gasteiger charge is -2.18. The lowest BCUT2D eigenvalue weighted by molar-refractivity contribution is 0.00288. The third-order valence-electron chi connectivity index (χ3n) is 5.77. The highest BCUT2D eigenvalue weighted by molar-refractivity contribution is 7.99. The first-order chi connectivity index (χ1) is 16.0. The molecule has 0 amide bonds. The molecule has 1 unspecified atom stereocenters. The second-order valence-electron chi connectivity index (χ2n) is 8.50. The average molecular weight is 499 g/mol. The van der Waals surface area contributed by atoms with Crippen LogP contribution in [-0.2, 0) is 14.5 Å². The highest BCUT2D eigenvalue weighted by Crippen LogP contribution is 2.45. The summed E-state index contributed by atoms with van der Waals surface area (Å²) in [6, 6.07) is 13.1. The van der Waals surface area contributed by atoms with Gasteiger partial charge in [0.1, 0.15) is 5.75 Å². The maximum atomic E-state index is 11.3. The molecule has 1 aliphatic heterocycles. The third kappa shape index (κ3) is 9.83. The maximum Gasteiger partial charge on any atom is 0.297 e. The van der Waals surface area contributed by atoms with Crippen molar-refractivity contribution in [1.29, 1.82) is 0 Å². The van der Waals surface area contributed by atoms with Gasteiger partial charge in [0, 0.05) is 16.2 Å². The van der Waals surface area contributed by atoms with E-state index >= 15 is 0 Å². The Kier molecular flexibility index (Phi) is 13.2. The minimum Gasteiger partial charge on any atom is -0.493 e. The van der Waals surface area contributed by atoms with E-state index in [1.54, 1.807) is 0 Å². The van der Waals surface area contributed by atoms with Gasteiger partial charge in [0.15, 0.2) is 0 Å². The Morgan fingerprint density at radius 1 is 0.970 bits per heavy atom. The molecule has 0 aromatic heterocycles. The molecular weight excluding hydrogens is 459 g/mol. The summed E-state index contributed by atoms with van der Waals surface area (Å²) in [4.78, 5) is 0. The summed E-state index contributed by atoms with van der Waals surface area (Å²) in [6.07, 6.45) is 10.7. The first-order valence-electron chi connectivity index (χ1n) is 12.3. The van der Waals surface area contributed by atoms with E-state index in [1.165, 1.54) is 47.8 Å². The summed E-state index contributed by atoms with van der Waals surface area (Å²) >= 11 is 2.08. The van der Waals surface area contributed by atoms with Crippen molar-refractivity contribution in [3.63, 3.8) is 0 Å². The van der Waals surface area contributed by atoms with E-state index in [1.807, 2.05) is 0 Å². The number of benzene rings is 2. The van der Waals surface area contributed by atoms with E-state index in [4.69, 9.17) is 4.74 Å². The lowest BCUT2D eigenvalue weighted by Crippen LogP contribution is -2.05. The van der Waals surface area contributed by atoms with Crippen molar-refractivity contribution < 1.29 is 22.1 Å². The van der Waals surface area contributed by atoms with Crippen LogP contribution >= 0.6 is 11.8 Å². The first-order valence-corrected chi connectivity index (χ1v) is 14.9. The van der Waals surface area contributed by atoms with Gasteiger partial charge in [-0.25, -0.2) is 0 Å². The van der Waals surface area contributed by atoms with Crippen LogP contribution in [0, 0.1) is 0 Å². The van der Waals surface area contributed by atoms with Crippen molar-refractivity contribution >= 4 is 32.7 Å². The van der Waals surface area contributed by atoms with Gasteiger partial charge in [0.25, 0.3) is 10.1 Å². The number of halogens is 1. The van der Waals surface area contributed by atoms with E-state index in [0.29, 0.717) is 11.7 Å². The molecule has 0 N–H and O–H groups in total. The zero-order chi connectivity index (χ0) is 23.9. The van der Waals surface area contributed by atoms with Crippen LogP contribution in [-0.4, -0.2) is 26.5 Å². The van der Waals surface area contributed by atoms with Crippen molar-refractivity contribution in [3.8, 4) is 5.75 Å². The Morgan fingerprint density at radius 2 is 1.70 bits per heavy atom. The molecule has 186 valence electrons. The van der Waals surface area contributed by atoms with E-state index in [-0.39, 0.29) is 5.75 Å². The van der Waals surface area contributed by atoms with Crippen molar-refractivity contribution in [2.75, 3.05) is 18.1 Å². The summed E-state index contributed by atoms with van der Waals surface area (Å²) < 4.78 is 41.3. The van der Waals surface area contributed by atoms with Gasteiger partial charge in [-0.3, -0.25) is 0 Å². The number of fused-ring (bicyclic) bond motifs is 1. The van der Waals surface area contributed by atoms with Crippen molar-refractivity contribution in [2.24, 2.45) is 0 Å². The Bertz CT molecular complexity index is 912. The van der Waals surface area contributed by atoms with E-state index in [0.717, 1.165) is 44.5 Å². The Hall–Kier alpha value is -1.31. The number of rotatable bonds is 13. The van der Waals surface area contributed by atoms with Crippen LogP contribution in [0.3, 0.4) is 0 Å². The zero-order valence-corrected chi connectivity index (χ0v) is 21.7. The second kappa shape index (κ2) is 15.6. The number of hydrogen-bond donors (Lipinski definition) is 0. The van der Waals surface area contributed by atoms with E-state index in [2.05, 4.69) is 66.4 Å². The summed E-state index contributed by atoms with van der Waals surface area (Å²) in [5.74, 6) is 2.21. The highest BCUT2D eigenvalue weighted by atomic mass is 32.2. The molecule has 3 rings (SSSR count). The van der Waals surface area contributed by atoms with Gasteiger partial charge in [0.2, 0.25) is 0 Å². The number of unbranched alkanes of at least 4 members (excludes halogenated alkanes) is 6. The van der Waals surface area contributed by atoms with Gasteiger partial charge < -0.3 is 4.74 Å². The minimum atomic E-state index is -3.88. The molecule has 33 heavy (non-hydrogen) atoms. The monoisotopic (exact) mass is 498 g/mol. The van der Waals surface area contributed by atoms with Gasteiger partial charge in [-0.15, -0.1) is 0 Å². The summed E-state index contributed by atoms with van der Waals surface area (Å²) in [6.45, 7) is 5.15. The Morgan fingerprint density at radius 3 is 2.39 bits per heavy atom. The van der Waals surface area contributed by atoms with Crippen molar-refractivity contribution in [1.82, 2.24) is 0 Å². The van der Waals surface area contributed by atoms with Crippen LogP contribution in [0.15, 0.2) is 36.4 Å². The predicted octanol–water partition coefficient (Wildman–Crippen LogP) is 8.16. The fourth-order valence-electron chi connectivity index (χ4n) is 3.91. The standard InChI is InChI=1S/C18H22OS.C8H17FO3S/c1-2-3-12-19-18-15-8-5-4-7-14(15)10-11-16(18)17-9-6-13-20-17;1-2-3-4-5-6-7-8-13(10,11)12-9/h4-5,7-8,10-11,17H,2-3,6,9,12-13H2,1H3;2-8H2,1H3. The minimum absolute atomic E-state index is 0.213. The molecule has 0 saturated carbocycles. The van der Waals surface area contributed by atoms with Gasteiger partial charge >= 0.3 is 0 Å². The molecule has 4 nitrogen and oxygen atoms in total. The summed E-state index contributed by atoms with van der Waals surface area (Å²) in [7, 11) is -3.88. The maximum absolute atomic E-state index is 11.3. The molecule has 1 aliphatic rings. The van der Waals surface area contributed by atoms with Crippen LogP contribution in [0.5, 0.6) is 5.75 Å². The average Bonchev–Trinajstić information content (AvgIpc) is 3.37. The predicted molar refractivity (Wildman–Crippen MR) is 138 cm³/mol. The van der Waals surface area contributed by atoms with Crippen molar-refractivity contribution in [3.05, 3.63) is 42.0 Å². The van der Waals surface area contributed by atoms with Crippen LogP contribution in [0.4, 0.5) is 4.53 Å². The molecule has 1 fully saturated rings. The first kappa shape index (κ1) is 27.9. The van der Waals surface area contributed by atoms with Gasteiger partial charge in [0.05, 0.1) is 12.4 Å². The third-order valence-corrected chi connectivity index (χ3v) is 8.17. The number of ether oxygens (including phenoxy) is 1. The Balaban J connectivity index is 0.000000260. The summed E-state index contributed by atoms with van der Waals surface area (Å²) in [5.41, 5.74) is 1.40. The van der Waals surface area contributed by atoms with Crippen molar-refractivity contribution in [2.45, 2.75) is 83.3 Å². The second-order valence-corrected chi connectivity index (χ2v) is 11.5. The lowest BCUT2D eigenvalue weighted by atomic mass is 10.0. The molecule has 2 aromatic rings. The smallest absolute Gasteiger partial charge is 0.297 e. The largest absolute Gasteiger partial charge is 0.493 e. The normalized spacial score (nSPS) is 15.9. The van der Waals surface area contributed by atoms with E-state index < -0.39 is 10.1 Å². The van der Waals surface area contributed by atoms with Gasteiger partial charge in [-0.1, -0.05) is 93.2 Å². The molecule has 1 heterocycles. The topological polar surface area (TPSA) is 52.6 Å². The molecule has 2 aromatic carbocycles. The van der Waals surface area contributed by atoms with Crippen LogP contribution in [0.25, 0.3) is 10.8 Å². The number of hydrogen-bond acceptors (Lipinski definition) is 5. The quantitative estimate of drug-likeness (QED) is 0.261. The van der Waals surface area contributed by atoms with Gasteiger partial charge in [-0.2, -0.15) is 20.2 Å². The van der Waals surface area contributed by atoms with Gasteiger partial charge in [-0.05, 0) is 41.3 Å².